The number of rotatable bonds is 3. The third kappa shape index (κ3) is 2.22. The van der Waals surface area contributed by atoms with Gasteiger partial charge in [0.1, 0.15) is 5.92 Å². The molecule has 1 heterocycles. The molecule has 23 heavy (non-hydrogen) atoms. The van der Waals surface area contributed by atoms with Crippen LogP contribution in [0.15, 0.2) is 54.6 Å². The molecule has 116 valence electrons. The van der Waals surface area contributed by atoms with Crippen LogP contribution in [0.4, 0.5) is 0 Å². The number of hydrogen-bond acceptors (Lipinski definition) is 2. The molecule has 0 radical (unpaired) electrons. The molecule has 4 rings (SSSR count). The molecule has 0 bridgehead atoms. The van der Waals surface area contributed by atoms with Crippen molar-refractivity contribution in [1.82, 2.24) is 4.90 Å². The highest BCUT2D eigenvalue weighted by atomic mass is 16.4. The van der Waals surface area contributed by atoms with E-state index < -0.39 is 17.9 Å². The Labute approximate surface area is 134 Å². The van der Waals surface area contributed by atoms with Gasteiger partial charge in [-0.2, -0.15) is 0 Å². The van der Waals surface area contributed by atoms with Gasteiger partial charge < -0.3 is 10.0 Å². The summed E-state index contributed by atoms with van der Waals surface area (Å²) in [5.74, 6) is -1.66. The molecule has 1 fully saturated rings. The summed E-state index contributed by atoms with van der Waals surface area (Å²) in [6.45, 7) is 0. The Morgan fingerprint density at radius 3 is 2.30 bits per heavy atom. The lowest BCUT2D eigenvalue weighted by atomic mass is 9.79. The van der Waals surface area contributed by atoms with Gasteiger partial charge >= 0.3 is 5.97 Å². The summed E-state index contributed by atoms with van der Waals surface area (Å²) in [6, 6.07) is 16.3. The first-order valence-corrected chi connectivity index (χ1v) is 7.88. The normalized spacial score (nSPS) is 23.5. The highest BCUT2D eigenvalue weighted by Crippen LogP contribution is 2.47. The standard InChI is InChI=1S/C19H17NO3/c21-18-15-9-5-4-8-14(15)16(19(22)23)17(20(18)13-10-11-13)12-6-2-1-3-7-12/h1-9,13,16-17H,10-11H2,(H,22,23)/t16-,17-/m1/s1. The van der Waals surface area contributed by atoms with Gasteiger partial charge in [0.05, 0.1) is 6.04 Å². The number of amides is 1. The van der Waals surface area contributed by atoms with Gasteiger partial charge in [-0.15, -0.1) is 0 Å². The van der Waals surface area contributed by atoms with Crippen molar-refractivity contribution in [3.8, 4) is 0 Å². The molecule has 2 aliphatic rings. The third-order valence-corrected chi connectivity index (χ3v) is 4.72. The summed E-state index contributed by atoms with van der Waals surface area (Å²) in [5, 5.41) is 9.89. The summed E-state index contributed by atoms with van der Waals surface area (Å²) < 4.78 is 0. The summed E-state index contributed by atoms with van der Waals surface area (Å²) in [5.41, 5.74) is 2.03. The number of hydrogen-bond donors (Lipinski definition) is 1. The van der Waals surface area contributed by atoms with Crippen molar-refractivity contribution >= 4 is 11.9 Å². The van der Waals surface area contributed by atoms with E-state index in [1.54, 1.807) is 29.2 Å². The minimum Gasteiger partial charge on any atom is -0.481 e. The van der Waals surface area contributed by atoms with Crippen LogP contribution in [0.3, 0.4) is 0 Å². The predicted octanol–water partition coefficient (Wildman–Crippen LogP) is 3.21. The lowest BCUT2D eigenvalue weighted by Gasteiger charge is -2.41. The number of carbonyl (C=O) groups is 2. The van der Waals surface area contributed by atoms with Crippen LogP contribution in [-0.4, -0.2) is 27.9 Å². The third-order valence-electron chi connectivity index (χ3n) is 4.72. The van der Waals surface area contributed by atoms with Gasteiger partial charge in [0.2, 0.25) is 0 Å². The first-order chi connectivity index (χ1) is 11.2. The molecule has 1 N–H and O–H groups in total. The first-order valence-electron chi connectivity index (χ1n) is 7.88. The van der Waals surface area contributed by atoms with E-state index >= 15 is 0 Å². The van der Waals surface area contributed by atoms with Crippen LogP contribution in [0.25, 0.3) is 0 Å². The van der Waals surface area contributed by atoms with Gasteiger partial charge in [-0.05, 0) is 30.0 Å². The molecular weight excluding hydrogens is 290 g/mol. The molecule has 1 saturated carbocycles. The molecule has 2 aromatic rings. The lowest BCUT2D eigenvalue weighted by Crippen LogP contribution is -2.46. The van der Waals surface area contributed by atoms with Gasteiger partial charge in [-0.1, -0.05) is 48.5 Å². The van der Waals surface area contributed by atoms with E-state index in [0.29, 0.717) is 11.1 Å². The smallest absolute Gasteiger partial charge is 0.313 e. The second kappa shape index (κ2) is 5.23. The first kappa shape index (κ1) is 14.0. The molecule has 2 atom stereocenters. The molecule has 1 amide bonds. The second-order valence-electron chi connectivity index (χ2n) is 6.20. The Morgan fingerprint density at radius 2 is 1.65 bits per heavy atom. The Morgan fingerprint density at radius 1 is 1.00 bits per heavy atom. The van der Waals surface area contributed by atoms with E-state index in [4.69, 9.17) is 0 Å². The molecule has 1 aliphatic heterocycles. The number of benzene rings is 2. The number of carbonyl (C=O) groups excluding carboxylic acids is 1. The Hall–Kier alpha value is -2.62. The molecule has 0 unspecified atom stereocenters. The molecule has 0 spiro atoms. The maximum atomic E-state index is 13.0. The number of aliphatic carboxylic acids is 1. The Bertz CT molecular complexity index is 767. The van der Waals surface area contributed by atoms with Gasteiger partial charge in [-0.3, -0.25) is 9.59 Å². The van der Waals surface area contributed by atoms with Crippen molar-refractivity contribution < 1.29 is 14.7 Å². The average molecular weight is 307 g/mol. The minimum absolute atomic E-state index is 0.0468. The molecule has 4 nitrogen and oxygen atoms in total. The average Bonchev–Trinajstić information content (AvgIpc) is 3.40. The van der Waals surface area contributed by atoms with E-state index in [0.717, 1.165) is 18.4 Å². The molecule has 4 heteroatoms. The molecule has 0 aromatic heterocycles. The zero-order valence-electron chi connectivity index (χ0n) is 12.6. The van der Waals surface area contributed by atoms with E-state index in [1.165, 1.54) is 0 Å². The summed E-state index contributed by atoms with van der Waals surface area (Å²) in [6.07, 6.45) is 1.90. The van der Waals surface area contributed by atoms with Crippen LogP contribution in [-0.2, 0) is 4.79 Å². The van der Waals surface area contributed by atoms with Gasteiger partial charge in [-0.25, -0.2) is 0 Å². The molecular formula is C19H17NO3. The Balaban J connectivity index is 1.93. The van der Waals surface area contributed by atoms with Crippen LogP contribution >= 0.6 is 0 Å². The maximum Gasteiger partial charge on any atom is 0.313 e. The number of carboxylic acids is 1. The fourth-order valence-electron chi connectivity index (χ4n) is 3.58. The zero-order chi connectivity index (χ0) is 16.0. The van der Waals surface area contributed by atoms with E-state index in [9.17, 15) is 14.7 Å². The summed E-state index contributed by atoms with van der Waals surface area (Å²) in [7, 11) is 0. The predicted molar refractivity (Wildman–Crippen MR) is 85.2 cm³/mol. The van der Waals surface area contributed by atoms with Crippen LogP contribution in [0.1, 0.15) is 46.3 Å². The van der Waals surface area contributed by atoms with Crippen LogP contribution in [0.5, 0.6) is 0 Å². The number of fused-ring (bicyclic) bond motifs is 1. The maximum absolute atomic E-state index is 13.0. The quantitative estimate of drug-likeness (QED) is 0.947. The lowest BCUT2D eigenvalue weighted by molar-refractivity contribution is -0.140. The highest BCUT2D eigenvalue weighted by molar-refractivity contribution is 6.00. The van der Waals surface area contributed by atoms with Crippen molar-refractivity contribution in [2.24, 2.45) is 0 Å². The highest BCUT2D eigenvalue weighted by Gasteiger charge is 2.49. The second-order valence-corrected chi connectivity index (χ2v) is 6.20. The monoisotopic (exact) mass is 307 g/mol. The van der Waals surface area contributed by atoms with E-state index in [1.807, 2.05) is 30.3 Å². The van der Waals surface area contributed by atoms with Gasteiger partial charge in [0, 0.05) is 11.6 Å². The van der Waals surface area contributed by atoms with Crippen molar-refractivity contribution in [1.29, 1.82) is 0 Å². The van der Waals surface area contributed by atoms with Crippen LogP contribution in [0.2, 0.25) is 0 Å². The van der Waals surface area contributed by atoms with Crippen LogP contribution < -0.4 is 0 Å². The fourth-order valence-corrected chi connectivity index (χ4v) is 3.58. The van der Waals surface area contributed by atoms with Crippen LogP contribution in [0, 0.1) is 0 Å². The van der Waals surface area contributed by atoms with Crippen molar-refractivity contribution in [2.75, 3.05) is 0 Å². The van der Waals surface area contributed by atoms with Gasteiger partial charge in [0.15, 0.2) is 0 Å². The summed E-state index contributed by atoms with van der Waals surface area (Å²) in [4.78, 5) is 26.8. The van der Waals surface area contributed by atoms with Crippen molar-refractivity contribution in [2.45, 2.75) is 30.8 Å². The Kier molecular flexibility index (Phi) is 3.18. The minimum atomic E-state index is -0.885. The SMILES string of the molecule is O=C(O)[C@@H]1c2ccccc2C(=O)N(C2CC2)[C@@H]1c1ccccc1. The fraction of sp³-hybridized carbons (Fsp3) is 0.263. The van der Waals surface area contributed by atoms with E-state index in [-0.39, 0.29) is 11.9 Å². The number of carboxylic acid groups (broad SMARTS) is 1. The largest absolute Gasteiger partial charge is 0.481 e. The zero-order valence-corrected chi connectivity index (χ0v) is 12.6. The summed E-state index contributed by atoms with van der Waals surface area (Å²) >= 11 is 0. The van der Waals surface area contributed by atoms with Crippen molar-refractivity contribution in [3.05, 3.63) is 71.3 Å². The molecule has 2 aromatic carbocycles. The number of nitrogens with zero attached hydrogens (tertiary/aromatic N) is 1. The van der Waals surface area contributed by atoms with Crippen molar-refractivity contribution in [3.63, 3.8) is 0 Å². The molecule has 1 aliphatic carbocycles. The van der Waals surface area contributed by atoms with Gasteiger partial charge in [0.25, 0.3) is 5.91 Å². The van der Waals surface area contributed by atoms with E-state index in [2.05, 4.69) is 0 Å². The molecule has 0 saturated heterocycles. The topological polar surface area (TPSA) is 57.6 Å².